The normalized spacial score (nSPS) is 9.92. The maximum Gasteiger partial charge on any atom is 0.162 e. The van der Waals surface area contributed by atoms with Gasteiger partial charge in [0, 0.05) is 16.5 Å². The van der Waals surface area contributed by atoms with Crippen molar-refractivity contribution >= 4 is 33.3 Å². The highest BCUT2D eigenvalue weighted by molar-refractivity contribution is 9.10. The Labute approximate surface area is 84.9 Å². The average Bonchev–Trinajstić information content (AvgIpc) is 2.08. The maximum absolute atomic E-state index is 11.2. The smallest absolute Gasteiger partial charge is 0.162 e. The monoisotopic (exact) mass is 246 g/mol. The summed E-state index contributed by atoms with van der Waals surface area (Å²) in [5.41, 5.74) is 0.672. The largest absolute Gasteiger partial charge is 0.294 e. The van der Waals surface area contributed by atoms with Gasteiger partial charge in [-0.1, -0.05) is 24.6 Å². The average molecular weight is 248 g/mol. The summed E-state index contributed by atoms with van der Waals surface area (Å²) < 4.78 is 0.816. The zero-order valence-corrected chi connectivity index (χ0v) is 8.95. The number of Topliss-reactive ketones (excluding diaryl/α,β-unsaturated/α-hetero) is 1. The van der Waals surface area contributed by atoms with Crippen LogP contribution >= 0.6 is 27.5 Å². The Morgan fingerprint density at radius 2 is 2.25 bits per heavy atom. The fraction of sp³-hybridized carbons (Fsp3) is 0.222. The van der Waals surface area contributed by atoms with E-state index in [0.29, 0.717) is 17.0 Å². The van der Waals surface area contributed by atoms with Gasteiger partial charge < -0.3 is 0 Å². The molecular weight excluding hydrogens is 239 g/mol. The third-order valence-electron chi connectivity index (χ3n) is 1.56. The van der Waals surface area contributed by atoms with Crippen LogP contribution in [-0.4, -0.2) is 5.78 Å². The minimum atomic E-state index is 0.115. The lowest BCUT2D eigenvalue weighted by molar-refractivity contribution is 0.0988. The zero-order chi connectivity index (χ0) is 9.14. The Hall–Kier alpha value is -0.340. The van der Waals surface area contributed by atoms with E-state index in [9.17, 15) is 4.79 Å². The molecule has 1 rings (SSSR count). The molecule has 3 heteroatoms. The van der Waals surface area contributed by atoms with E-state index < -0.39 is 0 Å². The van der Waals surface area contributed by atoms with Crippen molar-refractivity contribution in [2.24, 2.45) is 0 Å². The maximum atomic E-state index is 11.2. The molecular formula is C9H8BrClO. The fourth-order valence-corrected chi connectivity index (χ4v) is 1.30. The molecule has 0 heterocycles. The van der Waals surface area contributed by atoms with E-state index in [2.05, 4.69) is 15.9 Å². The van der Waals surface area contributed by atoms with Crippen molar-refractivity contribution in [3.8, 4) is 0 Å². The summed E-state index contributed by atoms with van der Waals surface area (Å²) in [4.78, 5) is 11.2. The second-order valence-corrected chi connectivity index (χ2v) is 3.67. The molecule has 0 aliphatic heterocycles. The Kier molecular flexibility index (Phi) is 3.29. The van der Waals surface area contributed by atoms with E-state index in [1.165, 1.54) is 0 Å². The second-order valence-electron chi connectivity index (χ2n) is 2.41. The Morgan fingerprint density at radius 1 is 1.58 bits per heavy atom. The van der Waals surface area contributed by atoms with Crippen LogP contribution < -0.4 is 0 Å². The molecule has 0 aromatic heterocycles. The van der Waals surface area contributed by atoms with Gasteiger partial charge >= 0.3 is 0 Å². The molecule has 0 N–H and O–H groups in total. The Bertz CT molecular complexity index is 309. The summed E-state index contributed by atoms with van der Waals surface area (Å²) in [6, 6.07) is 5.23. The molecule has 0 saturated carbocycles. The zero-order valence-electron chi connectivity index (χ0n) is 6.60. The van der Waals surface area contributed by atoms with Crippen LogP contribution in [-0.2, 0) is 0 Å². The van der Waals surface area contributed by atoms with Crippen molar-refractivity contribution in [3.05, 3.63) is 33.3 Å². The van der Waals surface area contributed by atoms with Crippen LogP contribution in [0.2, 0.25) is 5.02 Å². The molecule has 0 unspecified atom stereocenters. The first-order valence-electron chi connectivity index (χ1n) is 3.63. The molecule has 1 aromatic carbocycles. The van der Waals surface area contributed by atoms with E-state index in [4.69, 9.17) is 11.6 Å². The number of rotatable bonds is 2. The Morgan fingerprint density at radius 3 is 2.75 bits per heavy atom. The number of carbonyl (C=O) groups excluding carboxylic acids is 1. The first-order valence-corrected chi connectivity index (χ1v) is 4.80. The van der Waals surface area contributed by atoms with E-state index in [0.717, 1.165) is 4.47 Å². The third-order valence-corrected chi connectivity index (χ3v) is 2.80. The number of benzene rings is 1. The summed E-state index contributed by atoms with van der Waals surface area (Å²) in [7, 11) is 0. The summed E-state index contributed by atoms with van der Waals surface area (Å²) in [5, 5.41) is 0.578. The van der Waals surface area contributed by atoms with Crippen LogP contribution in [0.15, 0.2) is 22.7 Å². The van der Waals surface area contributed by atoms with Crippen molar-refractivity contribution in [1.82, 2.24) is 0 Å². The van der Waals surface area contributed by atoms with Crippen molar-refractivity contribution in [1.29, 1.82) is 0 Å². The molecule has 0 fully saturated rings. The quantitative estimate of drug-likeness (QED) is 0.728. The van der Waals surface area contributed by atoms with Crippen molar-refractivity contribution in [3.63, 3.8) is 0 Å². The highest BCUT2D eigenvalue weighted by Crippen LogP contribution is 2.23. The molecule has 0 bridgehead atoms. The minimum absolute atomic E-state index is 0.115. The molecule has 12 heavy (non-hydrogen) atoms. The Balaban J connectivity index is 3.05. The molecule has 0 aliphatic carbocycles. The predicted octanol–water partition coefficient (Wildman–Crippen LogP) is 3.70. The van der Waals surface area contributed by atoms with E-state index in [-0.39, 0.29) is 5.78 Å². The van der Waals surface area contributed by atoms with Crippen molar-refractivity contribution in [2.45, 2.75) is 13.3 Å². The summed E-state index contributed by atoms with van der Waals surface area (Å²) >= 11 is 9.07. The highest BCUT2D eigenvalue weighted by Gasteiger charge is 2.04. The van der Waals surface area contributed by atoms with Gasteiger partial charge in [-0.3, -0.25) is 4.79 Å². The van der Waals surface area contributed by atoms with E-state index >= 15 is 0 Å². The number of hydrogen-bond acceptors (Lipinski definition) is 1. The molecule has 1 aromatic rings. The van der Waals surface area contributed by atoms with Gasteiger partial charge in [0.2, 0.25) is 0 Å². The topological polar surface area (TPSA) is 17.1 Å². The van der Waals surface area contributed by atoms with Crippen LogP contribution in [0.25, 0.3) is 0 Å². The summed E-state index contributed by atoms with van der Waals surface area (Å²) in [6.45, 7) is 1.83. The first kappa shape index (κ1) is 9.75. The summed E-state index contributed by atoms with van der Waals surface area (Å²) in [5.74, 6) is 0.115. The van der Waals surface area contributed by atoms with Crippen LogP contribution in [0.1, 0.15) is 23.7 Å². The molecule has 0 amide bonds. The van der Waals surface area contributed by atoms with Gasteiger partial charge in [0.25, 0.3) is 0 Å². The third kappa shape index (κ3) is 2.08. The van der Waals surface area contributed by atoms with Gasteiger partial charge in [-0.2, -0.15) is 0 Å². The van der Waals surface area contributed by atoms with E-state index in [1.54, 1.807) is 18.2 Å². The van der Waals surface area contributed by atoms with E-state index in [1.807, 2.05) is 6.92 Å². The van der Waals surface area contributed by atoms with Crippen LogP contribution in [0.3, 0.4) is 0 Å². The molecule has 0 saturated heterocycles. The standard InChI is InChI=1S/C9H8BrClO/c1-2-9(12)6-3-4-7(10)8(11)5-6/h3-5H,2H2,1H3. The van der Waals surface area contributed by atoms with Gasteiger partial charge in [-0.15, -0.1) is 0 Å². The van der Waals surface area contributed by atoms with Crippen LogP contribution in [0.4, 0.5) is 0 Å². The SMILES string of the molecule is CCC(=O)c1ccc(Br)c(Cl)c1. The second kappa shape index (κ2) is 4.06. The lowest BCUT2D eigenvalue weighted by atomic mass is 10.1. The lowest BCUT2D eigenvalue weighted by Crippen LogP contribution is -1.95. The molecule has 1 nitrogen and oxygen atoms in total. The number of carbonyl (C=O) groups is 1. The first-order chi connectivity index (χ1) is 5.65. The van der Waals surface area contributed by atoms with Crippen LogP contribution in [0, 0.1) is 0 Å². The number of halogens is 2. The molecule has 0 aliphatic rings. The summed E-state index contributed by atoms with van der Waals surface area (Å²) in [6.07, 6.45) is 0.512. The fourth-order valence-electron chi connectivity index (χ4n) is 0.874. The number of hydrogen-bond donors (Lipinski definition) is 0. The van der Waals surface area contributed by atoms with Gasteiger partial charge in [0.05, 0.1) is 5.02 Å². The van der Waals surface area contributed by atoms with Gasteiger partial charge in [-0.25, -0.2) is 0 Å². The van der Waals surface area contributed by atoms with Gasteiger partial charge in [0.1, 0.15) is 0 Å². The minimum Gasteiger partial charge on any atom is -0.294 e. The highest BCUT2D eigenvalue weighted by atomic mass is 79.9. The van der Waals surface area contributed by atoms with Gasteiger partial charge in [0.15, 0.2) is 5.78 Å². The lowest BCUT2D eigenvalue weighted by Gasteiger charge is -1.99. The molecule has 64 valence electrons. The van der Waals surface area contributed by atoms with Crippen molar-refractivity contribution in [2.75, 3.05) is 0 Å². The van der Waals surface area contributed by atoms with Crippen molar-refractivity contribution < 1.29 is 4.79 Å². The molecule has 0 radical (unpaired) electrons. The molecule has 0 spiro atoms. The van der Waals surface area contributed by atoms with Gasteiger partial charge in [-0.05, 0) is 28.1 Å². The molecule has 0 atom stereocenters. The van der Waals surface area contributed by atoms with Crippen LogP contribution in [0.5, 0.6) is 0 Å². The number of ketones is 1. The predicted molar refractivity (Wildman–Crippen MR) is 53.8 cm³/mol.